The van der Waals surface area contributed by atoms with E-state index in [2.05, 4.69) is 22.1 Å². The first-order chi connectivity index (χ1) is 15.0. The van der Waals surface area contributed by atoms with E-state index < -0.39 is 0 Å². The molecule has 2 aliphatic rings. The highest BCUT2D eigenvalue weighted by atomic mass is 35.5. The van der Waals surface area contributed by atoms with Crippen molar-refractivity contribution in [2.75, 3.05) is 31.5 Å². The summed E-state index contributed by atoms with van der Waals surface area (Å²) in [6, 6.07) is 6.89. The minimum atomic E-state index is -0.221. The highest BCUT2D eigenvalue weighted by molar-refractivity contribution is 7.13. The van der Waals surface area contributed by atoms with E-state index in [9.17, 15) is 9.59 Å². The van der Waals surface area contributed by atoms with Crippen LogP contribution in [0.1, 0.15) is 48.7 Å². The van der Waals surface area contributed by atoms with Crippen molar-refractivity contribution >= 4 is 39.9 Å². The zero-order valence-corrected chi connectivity index (χ0v) is 19.4. The van der Waals surface area contributed by atoms with Gasteiger partial charge < -0.3 is 10.2 Å². The van der Waals surface area contributed by atoms with E-state index in [1.807, 2.05) is 5.38 Å². The molecule has 0 bridgehead atoms. The number of halogens is 1. The number of hydrogen-bond donors (Lipinski definition) is 1. The summed E-state index contributed by atoms with van der Waals surface area (Å²) in [5, 5.41) is 6.26. The molecule has 2 fully saturated rings. The summed E-state index contributed by atoms with van der Waals surface area (Å²) < 4.78 is 0. The number of amides is 2. The van der Waals surface area contributed by atoms with Crippen LogP contribution in [0.2, 0.25) is 5.02 Å². The Balaban J connectivity index is 1.30. The Morgan fingerprint density at radius 1 is 1.16 bits per heavy atom. The molecule has 2 aromatic rings. The third-order valence-corrected chi connectivity index (χ3v) is 7.27. The van der Waals surface area contributed by atoms with Crippen LogP contribution in [0.15, 0.2) is 29.6 Å². The van der Waals surface area contributed by atoms with Gasteiger partial charge in [0.2, 0.25) is 5.91 Å². The lowest BCUT2D eigenvalue weighted by Crippen LogP contribution is -2.43. The number of piperidine rings is 2. The van der Waals surface area contributed by atoms with Crippen molar-refractivity contribution in [3.05, 3.63) is 45.9 Å². The Morgan fingerprint density at radius 3 is 2.65 bits per heavy atom. The number of aromatic nitrogens is 1. The molecule has 1 aromatic heterocycles. The van der Waals surface area contributed by atoms with Gasteiger partial charge in [0.1, 0.15) is 0 Å². The number of thiazole rings is 1. The van der Waals surface area contributed by atoms with Crippen molar-refractivity contribution in [2.24, 2.45) is 11.8 Å². The van der Waals surface area contributed by atoms with Gasteiger partial charge >= 0.3 is 0 Å². The van der Waals surface area contributed by atoms with Gasteiger partial charge in [-0.15, -0.1) is 11.3 Å². The molecule has 6 nitrogen and oxygen atoms in total. The second-order valence-corrected chi connectivity index (χ2v) is 9.98. The maximum atomic E-state index is 12.8. The van der Waals surface area contributed by atoms with Crippen LogP contribution in [-0.2, 0) is 11.3 Å². The number of carbonyl (C=O) groups excluding carboxylic acids is 2. The number of carbonyl (C=O) groups is 2. The Hall–Kier alpha value is -1.96. The van der Waals surface area contributed by atoms with Crippen molar-refractivity contribution in [1.82, 2.24) is 14.8 Å². The monoisotopic (exact) mass is 460 g/mol. The second-order valence-electron chi connectivity index (χ2n) is 8.69. The molecule has 31 heavy (non-hydrogen) atoms. The topological polar surface area (TPSA) is 65.5 Å². The number of rotatable bonds is 5. The van der Waals surface area contributed by atoms with Gasteiger partial charge in [-0.25, -0.2) is 4.98 Å². The van der Waals surface area contributed by atoms with Crippen LogP contribution in [-0.4, -0.2) is 52.8 Å². The van der Waals surface area contributed by atoms with Crippen LogP contribution in [0.25, 0.3) is 0 Å². The average Bonchev–Trinajstić information content (AvgIpc) is 3.22. The first kappa shape index (κ1) is 22.2. The standard InChI is InChI=1S/C23H29ClN4O2S/c1-16-8-11-27(12-9-16)14-20-15-31-23(25-20)26-21(29)18-3-2-10-28(13-18)22(30)17-4-6-19(24)7-5-17/h4-7,15-16,18H,2-3,8-14H2,1H3,(H,25,26,29). The van der Waals surface area contributed by atoms with Crippen molar-refractivity contribution in [2.45, 2.75) is 39.2 Å². The molecule has 0 radical (unpaired) electrons. The molecule has 2 aliphatic heterocycles. The summed E-state index contributed by atoms with van der Waals surface area (Å²) in [4.78, 5) is 34.4. The fourth-order valence-electron chi connectivity index (χ4n) is 4.24. The summed E-state index contributed by atoms with van der Waals surface area (Å²) in [6.45, 7) is 6.47. The number of nitrogens with one attached hydrogen (secondary N) is 1. The summed E-state index contributed by atoms with van der Waals surface area (Å²) in [6.07, 6.45) is 4.07. The molecular formula is C23H29ClN4O2S. The molecule has 4 rings (SSSR count). The zero-order chi connectivity index (χ0) is 21.8. The van der Waals surface area contributed by atoms with Gasteiger partial charge in [0.05, 0.1) is 11.6 Å². The van der Waals surface area contributed by atoms with E-state index in [-0.39, 0.29) is 17.7 Å². The second kappa shape index (κ2) is 10.1. The average molecular weight is 461 g/mol. The fraction of sp³-hybridized carbons (Fsp3) is 0.522. The Labute approximate surface area is 192 Å². The fourth-order valence-corrected chi connectivity index (χ4v) is 5.07. The predicted octanol–water partition coefficient (Wildman–Crippen LogP) is 4.52. The van der Waals surface area contributed by atoms with Crippen LogP contribution in [0.3, 0.4) is 0 Å². The van der Waals surface area contributed by atoms with E-state index in [0.717, 1.165) is 44.1 Å². The van der Waals surface area contributed by atoms with E-state index in [1.165, 1.54) is 24.2 Å². The number of likely N-dealkylation sites (tertiary alicyclic amines) is 2. The van der Waals surface area contributed by atoms with Gasteiger partial charge in [0.15, 0.2) is 5.13 Å². The molecular weight excluding hydrogens is 432 g/mol. The van der Waals surface area contributed by atoms with E-state index in [0.29, 0.717) is 28.8 Å². The Bertz CT molecular complexity index is 909. The third-order valence-electron chi connectivity index (χ3n) is 6.21. The number of anilines is 1. The molecule has 3 heterocycles. The highest BCUT2D eigenvalue weighted by Crippen LogP contribution is 2.24. The van der Waals surface area contributed by atoms with E-state index in [1.54, 1.807) is 29.2 Å². The van der Waals surface area contributed by atoms with Crippen LogP contribution in [0, 0.1) is 11.8 Å². The maximum absolute atomic E-state index is 12.8. The molecule has 1 aromatic carbocycles. The molecule has 0 spiro atoms. The highest BCUT2D eigenvalue weighted by Gasteiger charge is 2.29. The minimum Gasteiger partial charge on any atom is -0.338 e. The van der Waals surface area contributed by atoms with Crippen molar-refractivity contribution in [1.29, 1.82) is 0 Å². The lowest BCUT2D eigenvalue weighted by molar-refractivity contribution is -0.121. The van der Waals surface area contributed by atoms with Gasteiger partial charge in [-0.3, -0.25) is 14.5 Å². The summed E-state index contributed by atoms with van der Waals surface area (Å²) in [5.41, 5.74) is 1.61. The molecule has 2 amide bonds. The third kappa shape index (κ3) is 5.84. The van der Waals surface area contributed by atoms with E-state index in [4.69, 9.17) is 11.6 Å². The van der Waals surface area contributed by atoms with Crippen LogP contribution < -0.4 is 5.32 Å². The lowest BCUT2D eigenvalue weighted by atomic mass is 9.96. The van der Waals surface area contributed by atoms with E-state index >= 15 is 0 Å². The molecule has 1 N–H and O–H groups in total. The Kier molecular flexibility index (Phi) is 7.25. The molecule has 2 saturated heterocycles. The molecule has 0 aliphatic carbocycles. The van der Waals surface area contributed by atoms with Gasteiger partial charge in [0, 0.05) is 35.6 Å². The quantitative estimate of drug-likeness (QED) is 0.712. The number of benzene rings is 1. The molecule has 8 heteroatoms. The molecule has 1 unspecified atom stereocenters. The van der Waals surface area contributed by atoms with Gasteiger partial charge in [-0.05, 0) is 69.0 Å². The first-order valence-corrected chi connectivity index (χ1v) is 12.3. The predicted molar refractivity (Wildman–Crippen MR) is 124 cm³/mol. The number of nitrogens with zero attached hydrogens (tertiary/aromatic N) is 3. The smallest absolute Gasteiger partial charge is 0.253 e. The maximum Gasteiger partial charge on any atom is 0.253 e. The van der Waals surface area contributed by atoms with Gasteiger partial charge in [-0.2, -0.15) is 0 Å². The van der Waals surface area contributed by atoms with Crippen molar-refractivity contribution in [3.63, 3.8) is 0 Å². The van der Waals surface area contributed by atoms with Crippen LogP contribution in [0.4, 0.5) is 5.13 Å². The zero-order valence-electron chi connectivity index (χ0n) is 17.8. The number of hydrogen-bond acceptors (Lipinski definition) is 5. The SMILES string of the molecule is CC1CCN(Cc2csc(NC(=O)C3CCCN(C(=O)c4ccc(Cl)cc4)C3)n2)CC1. The van der Waals surface area contributed by atoms with Crippen molar-refractivity contribution < 1.29 is 9.59 Å². The summed E-state index contributed by atoms with van der Waals surface area (Å²) in [5.74, 6) is 0.479. The van der Waals surface area contributed by atoms with Gasteiger partial charge in [0.25, 0.3) is 5.91 Å². The largest absolute Gasteiger partial charge is 0.338 e. The Morgan fingerprint density at radius 2 is 1.90 bits per heavy atom. The first-order valence-electron chi connectivity index (χ1n) is 11.0. The normalized spacial score (nSPS) is 20.6. The summed E-state index contributed by atoms with van der Waals surface area (Å²) in [7, 11) is 0. The van der Waals surface area contributed by atoms with Crippen LogP contribution >= 0.6 is 22.9 Å². The van der Waals surface area contributed by atoms with Crippen molar-refractivity contribution in [3.8, 4) is 0 Å². The lowest BCUT2D eigenvalue weighted by Gasteiger charge is -2.32. The van der Waals surface area contributed by atoms with Gasteiger partial charge in [-0.1, -0.05) is 18.5 Å². The van der Waals surface area contributed by atoms with Crippen LogP contribution in [0.5, 0.6) is 0 Å². The molecule has 1 atom stereocenters. The minimum absolute atomic E-state index is 0.0541. The molecule has 0 saturated carbocycles. The summed E-state index contributed by atoms with van der Waals surface area (Å²) >= 11 is 7.39. The molecule has 166 valence electrons.